The molecule has 5 heteroatoms. The van der Waals surface area contributed by atoms with Crippen LogP contribution in [0, 0.1) is 5.41 Å². The molecule has 0 saturated carbocycles. The minimum absolute atomic E-state index is 0.0453. The van der Waals surface area contributed by atoms with Crippen LogP contribution in [-0.2, 0) is 10.0 Å². The van der Waals surface area contributed by atoms with Gasteiger partial charge in [0.2, 0.25) is 10.0 Å². The number of hydrogen-bond donors (Lipinski definition) is 2. The summed E-state index contributed by atoms with van der Waals surface area (Å²) in [7, 11) is -3.18. The van der Waals surface area contributed by atoms with E-state index < -0.39 is 10.0 Å². The van der Waals surface area contributed by atoms with Crippen LogP contribution in [-0.4, -0.2) is 32.8 Å². The van der Waals surface area contributed by atoms with Gasteiger partial charge in [-0.2, -0.15) is 0 Å². The predicted octanol–water partition coefficient (Wildman–Crippen LogP) is 1.48. The lowest BCUT2D eigenvalue weighted by Crippen LogP contribution is -2.47. The highest BCUT2D eigenvalue weighted by atomic mass is 32.2. The Labute approximate surface area is 106 Å². The van der Waals surface area contributed by atoms with E-state index in [0.29, 0.717) is 0 Å². The van der Waals surface area contributed by atoms with Gasteiger partial charge in [-0.25, -0.2) is 13.1 Å². The smallest absolute Gasteiger partial charge is 0.213 e. The summed E-state index contributed by atoms with van der Waals surface area (Å²) in [5, 5.41) is 3.27. The van der Waals surface area contributed by atoms with E-state index in [-0.39, 0.29) is 23.3 Å². The van der Waals surface area contributed by atoms with E-state index in [0.717, 1.165) is 25.8 Å². The second-order valence-electron chi connectivity index (χ2n) is 6.13. The van der Waals surface area contributed by atoms with Crippen LogP contribution in [0.25, 0.3) is 0 Å². The Morgan fingerprint density at radius 2 is 2.00 bits per heavy atom. The van der Waals surface area contributed by atoms with Crippen molar-refractivity contribution in [1.29, 1.82) is 0 Å². The van der Waals surface area contributed by atoms with E-state index in [4.69, 9.17) is 0 Å². The third-order valence-corrected chi connectivity index (χ3v) is 5.04. The fraction of sp³-hybridized carbons (Fsp3) is 1.00. The summed E-state index contributed by atoms with van der Waals surface area (Å²) in [6, 6.07) is 0.0736. The molecule has 0 aliphatic carbocycles. The zero-order valence-electron chi connectivity index (χ0n) is 11.4. The van der Waals surface area contributed by atoms with Crippen molar-refractivity contribution < 1.29 is 8.42 Å². The van der Waals surface area contributed by atoms with Gasteiger partial charge in [-0.05, 0) is 31.7 Å². The van der Waals surface area contributed by atoms with Crippen molar-refractivity contribution in [2.45, 2.75) is 59.0 Å². The zero-order valence-corrected chi connectivity index (χ0v) is 12.2. The average Bonchev–Trinajstić information content (AvgIpc) is 2.16. The predicted molar refractivity (Wildman–Crippen MR) is 71.5 cm³/mol. The highest BCUT2D eigenvalue weighted by Gasteiger charge is 2.27. The first-order valence-corrected chi connectivity index (χ1v) is 8.09. The quantitative estimate of drug-likeness (QED) is 0.807. The first kappa shape index (κ1) is 14.9. The van der Waals surface area contributed by atoms with Gasteiger partial charge in [0.15, 0.2) is 0 Å². The molecule has 0 radical (unpaired) electrons. The molecule has 2 N–H and O–H groups in total. The molecule has 0 spiro atoms. The van der Waals surface area contributed by atoms with Gasteiger partial charge < -0.3 is 5.32 Å². The molecule has 2 atom stereocenters. The third-order valence-electron chi connectivity index (χ3n) is 3.49. The van der Waals surface area contributed by atoms with Gasteiger partial charge in [-0.3, -0.25) is 0 Å². The zero-order chi connectivity index (χ0) is 13.1. The molecule has 102 valence electrons. The van der Waals surface area contributed by atoms with E-state index in [1.807, 2.05) is 27.7 Å². The van der Waals surface area contributed by atoms with E-state index in [2.05, 4.69) is 10.0 Å². The molecule has 4 nitrogen and oxygen atoms in total. The molecular weight excluding hydrogens is 236 g/mol. The van der Waals surface area contributed by atoms with Crippen molar-refractivity contribution in [1.82, 2.24) is 10.0 Å². The summed E-state index contributed by atoms with van der Waals surface area (Å²) in [4.78, 5) is 0. The summed E-state index contributed by atoms with van der Waals surface area (Å²) in [5.41, 5.74) is -0.0485. The van der Waals surface area contributed by atoms with Gasteiger partial charge in [0.05, 0.1) is 5.75 Å². The molecule has 1 rings (SSSR count). The molecule has 0 bridgehead atoms. The van der Waals surface area contributed by atoms with Crippen LogP contribution in [0.15, 0.2) is 0 Å². The number of rotatable bonds is 4. The SMILES string of the molecule is CC(NS(=O)(=O)CC1CCCCN1)C(C)(C)C. The number of hydrogen-bond acceptors (Lipinski definition) is 3. The fourth-order valence-electron chi connectivity index (χ4n) is 1.83. The van der Waals surface area contributed by atoms with Gasteiger partial charge in [0, 0.05) is 12.1 Å². The first-order valence-electron chi connectivity index (χ1n) is 6.44. The molecule has 1 saturated heterocycles. The molecule has 0 aromatic carbocycles. The number of nitrogens with one attached hydrogen (secondary N) is 2. The molecular formula is C12H26N2O2S. The average molecular weight is 262 g/mol. The van der Waals surface area contributed by atoms with Crippen molar-refractivity contribution >= 4 is 10.0 Å². The van der Waals surface area contributed by atoms with Crippen LogP contribution < -0.4 is 10.0 Å². The van der Waals surface area contributed by atoms with E-state index in [1.54, 1.807) is 0 Å². The number of sulfonamides is 1. The van der Waals surface area contributed by atoms with Gasteiger partial charge in [0.25, 0.3) is 0 Å². The maximum Gasteiger partial charge on any atom is 0.213 e. The van der Waals surface area contributed by atoms with Crippen molar-refractivity contribution in [3.63, 3.8) is 0 Å². The van der Waals surface area contributed by atoms with Crippen LogP contribution in [0.1, 0.15) is 47.0 Å². The Balaban J connectivity index is 2.50. The van der Waals surface area contributed by atoms with Crippen LogP contribution >= 0.6 is 0 Å². The van der Waals surface area contributed by atoms with Crippen LogP contribution in [0.5, 0.6) is 0 Å². The molecule has 1 aliphatic heterocycles. The summed E-state index contributed by atoms with van der Waals surface area (Å²) in [5.74, 6) is 0.202. The molecule has 1 heterocycles. The lowest BCUT2D eigenvalue weighted by Gasteiger charge is -2.29. The minimum atomic E-state index is -3.18. The molecule has 0 aromatic heterocycles. The van der Waals surface area contributed by atoms with Crippen molar-refractivity contribution in [3.05, 3.63) is 0 Å². The second kappa shape index (κ2) is 5.67. The summed E-state index contributed by atoms with van der Waals surface area (Å²) in [6.45, 7) is 8.98. The summed E-state index contributed by atoms with van der Waals surface area (Å²) in [6.07, 6.45) is 3.25. The maximum absolute atomic E-state index is 12.0. The van der Waals surface area contributed by atoms with Crippen molar-refractivity contribution in [3.8, 4) is 0 Å². The Kier molecular flexibility index (Phi) is 4.98. The molecule has 0 aromatic rings. The van der Waals surface area contributed by atoms with Crippen LogP contribution in [0.3, 0.4) is 0 Å². The standard InChI is InChI=1S/C12H26N2O2S/c1-10(12(2,3)4)14-17(15,16)9-11-7-5-6-8-13-11/h10-11,13-14H,5-9H2,1-4H3. The highest BCUT2D eigenvalue weighted by molar-refractivity contribution is 7.89. The summed E-state index contributed by atoms with van der Waals surface area (Å²) < 4.78 is 26.8. The normalized spacial score (nSPS) is 24.6. The van der Waals surface area contributed by atoms with Gasteiger partial charge in [0.1, 0.15) is 0 Å². The lowest BCUT2D eigenvalue weighted by atomic mass is 9.89. The van der Waals surface area contributed by atoms with Crippen LogP contribution in [0.2, 0.25) is 0 Å². The number of piperidine rings is 1. The monoisotopic (exact) mass is 262 g/mol. The second-order valence-corrected chi connectivity index (χ2v) is 7.93. The molecule has 1 fully saturated rings. The Morgan fingerprint density at radius 3 is 2.47 bits per heavy atom. The van der Waals surface area contributed by atoms with Crippen LogP contribution in [0.4, 0.5) is 0 Å². The van der Waals surface area contributed by atoms with Gasteiger partial charge in [-0.15, -0.1) is 0 Å². The lowest BCUT2D eigenvalue weighted by molar-refractivity contribution is 0.316. The Hall–Kier alpha value is -0.130. The van der Waals surface area contributed by atoms with Crippen molar-refractivity contribution in [2.24, 2.45) is 5.41 Å². The Bertz CT molecular complexity index is 327. The molecule has 2 unspecified atom stereocenters. The van der Waals surface area contributed by atoms with E-state index in [1.165, 1.54) is 0 Å². The van der Waals surface area contributed by atoms with Gasteiger partial charge in [-0.1, -0.05) is 27.2 Å². The first-order chi connectivity index (χ1) is 7.71. The van der Waals surface area contributed by atoms with E-state index in [9.17, 15) is 8.42 Å². The largest absolute Gasteiger partial charge is 0.313 e. The van der Waals surface area contributed by atoms with Crippen molar-refractivity contribution in [2.75, 3.05) is 12.3 Å². The van der Waals surface area contributed by atoms with Gasteiger partial charge >= 0.3 is 0 Å². The third kappa shape index (κ3) is 5.36. The highest BCUT2D eigenvalue weighted by Crippen LogP contribution is 2.19. The van der Waals surface area contributed by atoms with E-state index >= 15 is 0 Å². The molecule has 1 aliphatic rings. The maximum atomic E-state index is 12.0. The topological polar surface area (TPSA) is 58.2 Å². The minimum Gasteiger partial charge on any atom is -0.313 e. The molecule has 17 heavy (non-hydrogen) atoms. The Morgan fingerprint density at radius 1 is 1.35 bits per heavy atom. The summed E-state index contributed by atoms with van der Waals surface area (Å²) >= 11 is 0. The molecule has 0 amide bonds. The fourth-order valence-corrected chi connectivity index (χ4v) is 3.63.